The summed E-state index contributed by atoms with van der Waals surface area (Å²) in [5, 5.41) is 12.7. The maximum atomic E-state index is 6.72. The summed E-state index contributed by atoms with van der Waals surface area (Å²) >= 11 is 0. The molecule has 13 aromatic carbocycles. The van der Waals surface area contributed by atoms with Gasteiger partial charge in [-0.1, -0.05) is 158 Å². The van der Waals surface area contributed by atoms with Crippen molar-refractivity contribution in [1.82, 2.24) is 0 Å². The van der Waals surface area contributed by atoms with Crippen molar-refractivity contribution in [3.8, 4) is 22.3 Å². The molecule has 0 saturated heterocycles. The first-order chi connectivity index (χ1) is 39.6. The summed E-state index contributed by atoms with van der Waals surface area (Å²) in [6, 6.07) is 94.9. The minimum Gasteiger partial charge on any atom is -0.456 e. The molecule has 0 aliphatic carbocycles. The zero-order chi connectivity index (χ0) is 52.4. The first kappa shape index (κ1) is 44.3. The molecule has 0 bridgehead atoms. The average molecular weight is 1030 g/mol. The van der Waals surface area contributed by atoms with Gasteiger partial charge in [0.1, 0.15) is 44.7 Å². The molecular formula is C74H44N2O4. The average Bonchev–Trinajstić information content (AvgIpc) is 4.25. The zero-order valence-electron chi connectivity index (χ0n) is 42.9. The molecule has 0 atom stereocenters. The van der Waals surface area contributed by atoms with Crippen LogP contribution in [0.1, 0.15) is 0 Å². The van der Waals surface area contributed by atoms with Crippen LogP contribution in [0, 0.1) is 0 Å². The Bertz CT molecular complexity index is 4770. The normalized spacial score (nSPS) is 12.0. The molecule has 374 valence electrons. The second kappa shape index (κ2) is 17.3. The van der Waals surface area contributed by atoms with Crippen LogP contribution in [0.4, 0.5) is 34.1 Å². The van der Waals surface area contributed by atoms with Crippen LogP contribution in [-0.4, -0.2) is 0 Å². The van der Waals surface area contributed by atoms with Crippen LogP contribution in [-0.2, 0) is 0 Å². The molecule has 0 spiro atoms. The van der Waals surface area contributed by atoms with E-state index in [1.807, 2.05) is 48.5 Å². The summed E-state index contributed by atoms with van der Waals surface area (Å²) in [7, 11) is 0. The summed E-state index contributed by atoms with van der Waals surface area (Å²) in [4.78, 5) is 4.83. The van der Waals surface area contributed by atoms with Gasteiger partial charge in [0.25, 0.3) is 0 Å². The molecule has 0 aliphatic heterocycles. The van der Waals surface area contributed by atoms with E-state index in [-0.39, 0.29) is 0 Å². The van der Waals surface area contributed by atoms with E-state index in [9.17, 15) is 0 Å². The third kappa shape index (κ3) is 6.85. The predicted octanol–water partition coefficient (Wildman–Crippen LogP) is 21.9. The lowest BCUT2D eigenvalue weighted by molar-refractivity contribution is 0.668. The van der Waals surface area contributed by atoms with E-state index >= 15 is 0 Å². The highest BCUT2D eigenvalue weighted by atomic mass is 16.3. The standard InChI is InChI=1S/C74H44N2O4/c1-3-15-45(16-4-1)47-27-33-61-63(39-47)73(75(49-29-35-57-53-19-7-11-23-65(53)77-69(57)41-49)50-30-36-58-54-20-8-12-24-66(54)78-70(58)42-50)62-34-28-48(46-17-5-2-6-18-46)40-64(62)74(61)76(51-31-37-59-55-21-9-13-25-67(55)79-71(59)43-51)52-32-38-60-56-22-10-14-26-68(56)80-72(60)44-52/h1-44H. The lowest BCUT2D eigenvalue weighted by atomic mass is 9.91. The highest BCUT2D eigenvalue weighted by molar-refractivity contribution is 6.25. The van der Waals surface area contributed by atoms with Gasteiger partial charge in [0.15, 0.2) is 0 Å². The van der Waals surface area contributed by atoms with Gasteiger partial charge in [-0.3, -0.25) is 0 Å². The minimum absolute atomic E-state index is 0.799. The fraction of sp³-hybridized carbons (Fsp3) is 0. The van der Waals surface area contributed by atoms with E-state index in [1.165, 1.54) is 0 Å². The Kier molecular flexibility index (Phi) is 9.61. The molecule has 17 aromatic rings. The Labute approximate surface area is 457 Å². The molecule has 0 unspecified atom stereocenters. The molecule has 0 N–H and O–H groups in total. The topological polar surface area (TPSA) is 59.0 Å². The van der Waals surface area contributed by atoms with Gasteiger partial charge in [0.2, 0.25) is 0 Å². The summed E-state index contributed by atoms with van der Waals surface area (Å²) in [5.74, 6) is 0. The molecule has 4 heterocycles. The van der Waals surface area contributed by atoms with Crippen LogP contribution in [0.3, 0.4) is 0 Å². The van der Waals surface area contributed by atoms with Crippen LogP contribution in [0.5, 0.6) is 0 Å². The molecule has 0 aliphatic rings. The van der Waals surface area contributed by atoms with Crippen LogP contribution < -0.4 is 9.80 Å². The van der Waals surface area contributed by atoms with Crippen molar-refractivity contribution in [2.75, 3.05) is 9.80 Å². The Hall–Kier alpha value is -10.8. The van der Waals surface area contributed by atoms with Crippen LogP contribution in [0.25, 0.3) is 132 Å². The number of fused-ring (bicyclic) bond motifs is 14. The van der Waals surface area contributed by atoms with Gasteiger partial charge < -0.3 is 27.5 Å². The van der Waals surface area contributed by atoms with E-state index in [0.717, 1.165) is 166 Å². The van der Waals surface area contributed by atoms with Gasteiger partial charge >= 0.3 is 0 Å². The second-order valence-corrected chi connectivity index (χ2v) is 20.7. The van der Waals surface area contributed by atoms with Gasteiger partial charge in [-0.25, -0.2) is 0 Å². The fourth-order valence-corrected chi connectivity index (χ4v) is 12.5. The Morgan fingerprint density at radius 3 is 0.750 bits per heavy atom. The number of hydrogen-bond donors (Lipinski definition) is 0. The molecule has 6 heteroatoms. The number of para-hydroxylation sites is 4. The summed E-state index contributed by atoms with van der Waals surface area (Å²) in [5.41, 5.74) is 16.7. The van der Waals surface area contributed by atoms with Crippen molar-refractivity contribution in [2.24, 2.45) is 0 Å². The lowest BCUT2D eigenvalue weighted by Gasteiger charge is -2.33. The maximum Gasteiger partial charge on any atom is 0.137 e. The molecule has 0 saturated carbocycles. The number of rotatable bonds is 8. The monoisotopic (exact) mass is 1020 g/mol. The minimum atomic E-state index is 0.799. The highest BCUT2D eigenvalue weighted by Crippen LogP contribution is 2.54. The number of anilines is 6. The van der Waals surface area contributed by atoms with Crippen molar-refractivity contribution < 1.29 is 17.7 Å². The number of benzene rings is 13. The second-order valence-electron chi connectivity index (χ2n) is 20.7. The van der Waals surface area contributed by atoms with E-state index in [2.05, 4.69) is 228 Å². The van der Waals surface area contributed by atoms with Crippen LogP contribution >= 0.6 is 0 Å². The van der Waals surface area contributed by atoms with Crippen molar-refractivity contribution in [3.05, 3.63) is 267 Å². The van der Waals surface area contributed by atoms with Crippen LogP contribution in [0.2, 0.25) is 0 Å². The third-order valence-electron chi connectivity index (χ3n) is 16.2. The number of furan rings is 4. The third-order valence-corrected chi connectivity index (χ3v) is 16.2. The van der Waals surface area contributed by atoms with E-state index in [0.29, 0.717) is 0 Å². The SMILES string of the molecule is c1ccc(-c2ccc3c(N(c4ccc5c(c4)oc4ccccc45)c4ccc5c(c4)oc4ccccc45)c4cc(-c5ccccc5)ccc4c(N(c4ccc5c(c4)oc4ccccc45)c4ccc5c(c4)oc4ccccc45)c3c2)cc1. The first-order valence-electron chi connectivity index (χ1n) is 27.0. The van der Waals surface area contributed by atoms with E-state index < -0.39 is 0 Å². The van der Waals surface area contributed by atoms with Gasteiger partial charge in [0, 0.05) is 112 Å². The molecule has 4 aromatic heterocycles. The van der Waals surface area contributed by atoms with Gasteiger partial charge in [-0.05, 0) is 107 Å². The predicted molar refractivity (Wildman–Crippen MR) is 331 cm³/mol. The number of nitrogens with zero attached hydrogens (tertiary/aromatic N) is 2. The largest absolute Gasteiger partial charge is 0.456 e. The highest BCUT2D eigenvalue weighted by Gasteiger charge is 2.29. The quantitative estimate of drug-likeness (QED) is 0.112. The van der Waals surface area contributed by atoms with Gasteiger partial charge in [-0.2, -0.15) is 0 Å². The number of hydrogen-bond acceptors (Lipinski definition) is 6. The van der Waals surface area contributed by atoms with Crippen LogP contribution in [0.15, 0.2) is 285 Å². The van der Waals surface area contributed by atoms with Crippen molar-refractivity contribution in [1.29, 1.82) is 0 Å². The van der Waals surface area contributed by atoms with Crippen molar-refractivity contribution in [2.45, 2.75) is 0 Å². The maximum absolute atomic E-state index is 6.72. The molecule has 6 nitrogen and oxygen atoms in total. The molecule has 0 radical (unpaired) electrons. The summed E-state index contributed by atoms with van der Waals surface area (Å²) < 4.78 is 26.9. The van der Waals surface area contributed by atoms with Crippen molar-refractivity contribution >= 4 is 143 Å². The first-order valence-corrected chi connectivity index (χ1v) is 27.0. The van der Waals surface area contributed by atoms with E-state index in [1.54, 1.807) is 0 Å². The summed E-state index contributed by atoms with van der Waals surface area (Å²) in [6.45, 7) is 0. The molecule has 0 amide bonds. The fourth-order valence-electron chi connectivity index (χ4n) is 12.5. The Morgan fingerprint density at radius 1 is 0.175 bits per heavy atom. The van der Waals surface area contributed by atoms with Gasteiger partial charge in [0.05, 0.1) is 11.4 Å². The Balaban J connectivity index is 1.03. The van der Waals surface area contributed by atoms with Crippen molar-refractivity contribution in [3.63, 3.8) is 0 Å². The molecule has 0 fully saturated rings. The molecular weight excluding hydrogens is 981 g/mol. The summed E-state index contributed by atoms with van der Waals surface area (Å²) in [6.07, 6.45) is 0. The Morgan fingerprint density at radius 2 is 0.438 bits per heavy atom. The molecule has 17 rings (SSSR count). The zero-order valence-corrected chi connectivity index (χ0v) is 42.9. The van der Waals surface area contributed by atoms with E-state index in [4.69, 9.17) is 17.7 Å². The molecule has 80 heavy (non-hydrogen) atoms. The lowest BCUT2D eigenvalue weighted by Crippen LogP contribution is -2.15. The van der Waals surface area contributed by atoms with Gasteiger partial charge in [-0.15, -0.1) is 0 Å². The smallest absolute Gasteiger partial charge is 0.137 e.